The van der Waals surface area contributed by atoms with Gasteiger partial charge in [-0.15, -0.1) is 0 Å². The van der Waals surface area contributed by atoms with E-state index < -0.39 is 5.97 Å². The van der Waals surface area contributed by atoms with Gasteiger partial charge in [0.15, 0.2) is 0 Å². The van der Waals surface area contributed by atoms with E-state index in [2.05, 4.69) is 0 Å². The Kier molecular flexibility index (Phi) is 4.49. The van der Waals surface area contributed by atoms with Crippen LogP contribution in [0.1, 0.15) is 12.5 Å². The van der Waals surface area contributed by atoms with Crippen LogP contribution < -0.4 is 4.74 Å². The van der Waals surface area contributed by atoms with Crippen molar-refractivity contribution in [3.05, 3.63) is 28.8 Å². The molecule has 1 aromatic carbocycles. The summed E-state index contributed by atoms with van der Waals surface area (Å²) in [6.07, 6.45) is 0.519. The second-order valence-electron chi connectivity index (χ2n) is 4.71. The van der Waals surface area contributed by atoms with Crippen LogP contribution in [-0.4, -0.2) is 41.6 Å². The van der Waals surface area contributed by atoms with Crippen molar-refractivity contribution in [2.75, 3.05) is 19.7 Å². The Balaban J connectivity index is 2.11. The highest BCUT2D eigenvalue weighted by Crippen LogP contribution is 2.30. The lowest BCUT2D eigenvalue weighted by molar-refractivity contribution is -0.146. The summed E-state index contributed by atoms with van der Waals surface area (Å²) in [5, 5.41) is 9.41. The van der Waals surface area contributed by atoms with Gasteiger partial charge in [0.1, 0.15) is 18.9 Å². The predicted octanol–water partition coefficient (Wildman–Crippen LogP) is 1.82. The Hall–Kier alpha value is -1.75. The number of likely N-dealkylation sites (N-methyl/N-ethyl adjacent to an activating group) is 1. The molecule has 1 N–H and O–H groups in total. The summed E-state index contributed by atoms with van der Waals surface area (Å²) in [6, 6.07) is 5.31. The summed E-state index contributed by atoms with van der Waals surface area (Å²) >= 11 is 5.93. The van der Waals surface area contributed by atoms with Crippen LogP contribution in [0.25, 0.3) is 0 Å². The van der Waals surface area contributed by atoms with E-state index in [1.54, 1.807) is 25.1 Å². The van der Waals surface area contributed by atoms with Crippen LogP contribution in [0.15, 0.2) is 18.2 Å². The van der Waals surface area contributed by atoms with Crippen LogP contribution >= 0.6 is 11.6 Å². The molecule has 1 heterocycles. The fourth-order valence-electron chi connectivity index (χ4n) is 2.29. The molecule has 108 valence electrons. The normalized spacial score (nSPS) is 17.0. The molecule has 1 atom stereocenters. The molecule has 1 aromatic rings. The number of rotatable bonds is 4. The van der Waals surface area contributed by atoms with Crippen LogP contribution in [-0.2, 0) is 16.0 Å². The minimum atomic E-state index is -1.01. The number of aliphatic carboxylic acids is 1. The van der Waals surface area contributed by atoms with Crippen molar-refractivity contribution in [2.45, 2.75) is 13.3 Å². The van der Waals surface area contributed by atoms with Gasteiger partial charge in [0.25, 0.3) is 0 Å². The first kappa shape index (κ1) is 14.7. The van der Waals surface area contributed by atoms with Crippen molar-refractivity contribution in [1.82, 2.24) is 4.90 Å². The summed E-state index contributed by atoms with van der Waals surface area (Å²) < 4.78 is 5.56. The lowest BCUT2D eigenvalue weighted by atomic mass is 9.95. The number of carboxylic acid groups (broad SMARTS) is 1. The van der Waals surface area contributed by atoms with Crippen LogP contribution in [0, 0.1) is 5.92 Å². The van der Waals surface area contributed by atoms with Crippen molar-refractivity contribution in [3.8, 4) is 5.75 Å². The monoisotopic (exact) mass is 297 g/mol. The van der Waals surface area contributed by atoms with E-state index in [4.69, 9.17) is 21.4 Å². The number of carboxylic acids is 1. The van der Waals surface area contributed by atoms with E-state index in [-0.39, 0.29) is 25.0 Å². The molecule has 0 fully saturated rings. The van der Waals surface area contributed by atoms with Crippen molar-refractivity contribution in [1.29, 1.82) is 0 Å². The maximum Gasteiger partial charge on any atom is 0.323 e. The maximum absolute atomic E-state index is 12.3. The molecular weight excluding hydrogens is 282 g/mol. The lowest BCUT2D eigenvalue weighted by Gasteiger charge is -2.29. The lowest BCUT2D eigenvalue weighted by Crippen LogP contribution is -2.43. The van der Waals surface area contributed by atoms with E-state index in [1.807, 2.05) is 0 Å². The second kappa shape index (κ2) is 6.13. The quantitative estimate of drug-likeness (QED) is 0.920. The molecule has 0 spiro atoms. The molecular formula is C14H16ClNO4. The van der Waals surface area contributed by atoms with E-state index in [0.717, 1.165) is 11.3 Å². The fraction of sp³-hybridized carbons (Fsp3) is 0.429. The van der Waals surface area contributed by atoms with E-state index >= 15 is 0 Å². The van der Waals surface area contributed by atoms with Gasteiger partial charge in [-0.2, -0.15) is 0 Å². The molecule has 1 aliphatic rings. The van der Waals surface area contributed by atoms with Gasteiger partial charge in [0, 0.05) is 11.6 Å². The van der Waals surface area contributed by atoms with Gasteiger partial charge < -0.3 is 14.7 Å². The van der Waals surface area contributed by atoms with Crippen molar-refractivity contribution < 1.29 is 19.4 Å². The molecule has 0 radical (unpaired) electrons. The van der Waals surface area contributed by atoms with Crippen LogP contribution in [0.2, 0.25) is 5.02 Å². The van der Waals surface area contributed by atoms with E-state index in [9.17, 15) is 9.59 Å². The predicted molar refractivity (Wildman–Crippen MR) is 74.0 cm³/mol. The van der Waals surface area contributed by atoms with Gasteiger partial charge in [-0.3, -0.25) is 9.59 Å². The third kappa shape index (κ3) is 3.22. The number of fused-ring (bicyclic) bond motifs is 1. The Morgan fingerprint density at radius 3 is 2.90 bits per heavy atom. The maximum atomic E-state index is 12.3. The smallest absolute Gasteiger partial charge is 0.323 e. The molecule has 2 rings (SSSR count). The highest BCUT2D eigenvalue weighted by atomic mass is 35.5. The van der Waals surface area contributed by atoms with Crippen molar-refractivity contribution >= 4 is 23.5 Å². The second-order valence-corrected chi connectivity index (χ2v) is 5.15. The van der Waals surface area contributed by atoms with Crippen LogP contribution in [0.5, 0.6) is 5.75 Å². The zero-order valence-corrected chi connectivity index (χ0v) is 11.9. The zero-order valence-electron chi connectivity index (χ0n) is 11.1. The Bertz CT molecular complexity index is 532. The summed E-state index contributed by atoms with van der Waals surface area (Å²) in [5.41, 5.74) is 0.883. The first-order chi connectivity index (χ1) is 9.51. The van der Waals surface area contributed by atoms with Gasteiger partial charge in [0.2, 0.25) is 5.91 Å². The molecule has 0 aromatic heterocycles. The number of halogens is 1. The number of hydrogen-bond donors (Lipinski definition) is 1. The highest BCUT2D eigenvalue weighted by molar-refractivity contribution is 6.30. The third-order valence-electron chi connectivity index (χ3n) is 3.30. The summed E-state index contributed by atoms with van der Waals surface area (Å²) in [6.45, 7) is 2.11. The molecule has 6 heteroatoms. The first-order valence-corrected chi connectivity index (χ1v) is 6.81. The number of carbonyl (C=O) groups excluding carboxylic acids is 1. The van der Waals surface area contributed by atoms with Gasteiger partial charge in [-0.1, -0.05) is 11.6 Å². The largest absolute Gasteiger partial charge is 0.492 e. The average molecular weight is 298 g/mol. The molecule has 1 unspecified atom stereocenters. The molecule has 5 nitrogen and oxygen atoms in total. The molecule has 0 aliphatic carbocycles. The molecule has 0 saturated carbocycles. The SMILES string of the molecule is CCN(CC(=O)O)C(=O)C1COc2ccc(Cl)cc2C1. The number of nitrogens with zero attached hydrogens (tertiary/aromatic N) is 1. The molecule has 0 bridgehead atoms. The van der Waals surface area contributed by atoms with Crippen LogP contribution in [0.3, 0.4) is 0 Å². The molecule has 20 heavy (non-hydrogen) atoms. The molecule has 1 amide bonds. The number of benzene rings is 1. The van der Waals surface area contributed by atoms with Crippen molar-refractivity contribution in [3.63, 3.8) is 0 Å². The topological polar surface area (TPSA) is 66.8 Å². The Labute approximate surface area is 122 Å². The van der Waals surface area contributed by atoms with Gasteiger partial charge >= 0.3 is 5.97 Å². The summed E-state index contributed by atoms with van der Waals surface area (Å²) in [7, 11) is 0. The van der Waals surface area contributed by atoms with E-state index in [0.29, 0.717) is 18.0 Å². The average Bonchev–Trinajstić information content (AvgIpc) is 2.43. The number of amides is 1. The van der Waals surface area contributed by atoms with Gasteiger partial charge in [-0.25, -0.2) is 0 Å². The van der Waals surface area contributed by atoms with Gasteiger partial charge in [-0.05, 0) is 37.1 Å². The summed E-state index contributed by atoms with van der Waals surface area (Å²) in [5.74, 6) is -0.833. The Morgan fingerprint density at radius 1 is 1.50 bits per heavy atom. The minimum absolute atomic E-state index is 0.194. The fourth-order valence-corrected chi connectivity index (χ4v) is 2.48. The number of ether oxygens (including phenoxy) is 1. The van der Waals surface area contributed by atoms with Crippen LogP contribution in [0.4, 0.5) is 0 Å². The molecule has 1 aliphatic heterocycles. The Morgan fingerprint density at radius 2 is 2.25 bits per heavy atom. The van der Waals surface area contributed by atoms with E-state index in [1.165, 1.54) is 4.90 Å². The minimum Gasteiger partial charge on any atom is -0.492 e. The highest BCUT2D eigenvalue weighted by Gasteiger charge is 2.29. The number of carbonyl (C=O) groups is 2. The standard InChI is InChI=1S/C14H16ClNO4/c1-2-16(7-13(17)18)14(19)10-5-9-6-11(15)3-4-12(9)20-8-10/h3-4,6,10H,2,5,7-8H2,1H3,(H,17,18). The first-order valence-electron chi connectivity index (χ1n) is 6.43. The van der Waals surface area contributed by atoms with Gasteiger partial charge in [0.05, 0.1) is 5.92 Å². The third-order valence-corrected chi connectivity index (χ3v) is 3.53. The molecule has 0 saturated heterocycles. The summed E-state index contributed by atoms with van der Waals surface area (Å²) in [4.78, 5) is 24.4. The zero-order chi connectivity index (χ0) is 14.7. The number of hydrogen-bond acceptors (Lipinski definition) is 3. The van der Waals surface area contributed by atoms with Crippen molar-refractivity contribution in [2.24, 2.45) is 5.92 Å².